The summed E-state index contributed by atoms with van der Waals surface area (Å²) >= 11 is 0. The Labute approximate surface area is 187 Å². The summed E-state index contributed by atoms with van der Waals surface area (Å²) in [5, 5.41) is 3.26. The summed E-state index contributed by atoms with van der Waals surface area (Å²) in [5.74, 6) is 0.314. The number of nitrogens with zero attached hydrogens (tertiary/aromatic N) is 1. The second-order valence-electron chi connectivity index (χ2n) is 8.66. The number of methoxy groups -OCH3 is 2. The molecule has 6 nitrogen and oxygen atoms in total. The van der Waals surface area contributed by atoms with Crippen molar-refractivity contribution >= 4 is 11.8 Å². The first-order valence-electron chi connectivity index (χ1n) is 11.0. The monoisotopic (exact) mass is 440 g/mol. The van der Waals surface area contributed by atoms with Crippen molar-refractivity contribution in [1.82, 2.24) is 10.2 Å². The van der Waals surface area contributed by atoms with Gasteiger partial charge in [0.25, 0.3) is 0 Å². The summed E-state index contributed by atoms with van der Waals surface area (Å²) in [7, 11) is 3.04. The molecule has 1 N–H and O–H groups in total. The van der Waals surface area contributed by atoms with Gasteiger partial charge in [-0.2, -0.15) is 0 Å². The summed E-state index contributed by atoms with van der Waals surface area (Å²) in [4.78, 5) is 27.5. The molecule has 2 aliphatic heterocycles. The minimum absolute atomic E-state index is 0.0296. The Balaban J connectivity index is 1.60. The van der Waals surface area contributed by atoms with Crippen molar-refractivity contribution in [2.24, 2.45) is 0 Å². The quantitative estimate of drug-likeness (QED) is 0.774. The molecule has 0 aliphatic carbocycles. The largest absolute Gasteiger partial charge is 0.497 e. The number of nitrogens with one attached hydrogen (secondary N) is 1. The van der Waals surface area contributed by atoms with E-state index in [1.807, 2.05) is 24.3 Å². The second-order valence-corrected chi connectivity index (χ2v) is 8.66. The minimum atomic E-state index is -0.513. The standard InChI is InChI=1S/C25H29FN2O4/c1-31-19-7-5-6-18(14-19)20-15-28(16-25(20)11-4-3-8-23(29)27-25)24(30)13-17-9-10-22(32-2)21(26)12-17/h5-7,9-10,12,14,20H,3-4,8,11,13,15-16H2,1-2H3,(H,27,29)/t20-,25+/m0/s1. The second kappa shape index (κ2) is 9.18. The number of amides is 2. The lowest BCUT2D eigenvalue weighted by Crippen LogP contribution is -2.52. The van der Waals surface area contributed by atoms with Crippen LogP contribution in [-0.2, 0) is 16.0 Å². The van der Waals surface area contributed by atoms with Gasteiger partial charge in [-0.3, -0.25) is 9.59 Å². The van der Waals surface area contributed by atoms with Crippen LogP contribution in [0.2, 0.25) is 0 Å². The van der Waals surface area contributed by atoms with E-state index < -0.39 is 11.4 Å². The molecule has 7 heteroatoms. The highest BCUT2D eigenvalue weighted by molar-refractivity contribution is 5.81. The molecular formula is C25H29FN2O4. The maximum atomic E-state index is 14.1. The summed E-state index contributed by atoms with van der Waals surface area (Å²) < 4.78 is 24.5. The third-order valence-corrected chi connectivity index (χ3v) is 6.63. The lowest BCUT2D eigenvalue weighted by Gasteiger charge is -2.34. The van der Waals surface area contributed by atoms with Gasteiger partial charge in [-0.1, -0.05) is 24.6 Å². The Hall–Kier alpha value is -3.09. The molecule has 2 aliphatic rings. The molecule has 2 amide bonds. The Morgan fingerprint density at radius 2 is 2.03 bits per heavy atom. The van der Waals surface area contributed by atoms with E-state index in [1.54, 1.807) is 18.1 Å². The molecule has 4 rings (SSSR count). The fourth-order valence-electron chi connectivity index (χ4n) is 5.00. The van der Waals surface area contributed by atoms with Gasteiger partial charge in [0.2, 0.25) is 11.8 Å². The highest BCUT2D eigenvalue weighted by Gasteiger charge is 2.49. The lowest BCUT2D eigenvalue weighted by atomic mass is 9.79. The Morgan fingerprint density at radius 3 is 2.78 bits per heavy atom. The predicted octanol–water partition coefficient (Wildman–Crippen LogP) is 3.44. The molecule has 2 heterocycles. The molecule has 2 aromatic rings. The van der Waals surface area contributed by atoms with Crippen LogP contribution in [0.15, 0.2) is 42.5 Å². The van der Waals surface area contributed by atoms with Gasteiger partial charge in [0.15, 0.2) is 11.6 Å². The molecule has 0 unspecified atom stereocenters. The zero-order chi connectivity index (χ0) is 22.7. The number of rotatable bonds is 5. The summed E-state index contributed by atoms with van der Waals surface area (Å²) in [6.07, 6.45) is 3.17. The van der Waals surface area contributed by atoms with E-state index in [1.165, 1.54) is 19.2 Å². The fraction of sp³-hybridized carbons (Fsp3) is 0.440. The van der Waals surface area contributed by atoms with E-state index in [0.29, 0.717) is 25.1 Å². The third kappa shape index (κ3) is 4.42. The molecule has 0 aromatic heterocycles. The van der Waals surface area contributed by atoms with Gasteiger partial charge in [-0.25, -0.2) is 4.39 Å². The Bertz CT molecular complexity index is 1010. The summed E-state index contributed by atoms with van der Waals surface area (Å²) in [6, 6.07) is 12.4. The van der Waals surface area contributed by atoms with Gasteiger partial charge in [-0.05, 0) is 48.2 Å². The van der Waals surface area contributed by atoms with Gasteiger partial charge in [0.1, 0.15) is 5.75 Å². The van der Waals surface area contributed by atoms with Crippen molar-refractivity contribution in [3.05, 3.63) is 59.4 Å². The maximum Gasteiger partial charge on any atom is 0.227 e. The van der Waals surface area contributed by atoms with E-state index >= 15 is 0 Å². The Kier molecular flexibility index (Phi) is 6.35. The van der Waals surface area contributed by atoms with Gasteiger partial charge in [-0.15, -0.1) is 0 Å². The van der Waals surface area contributed by atoms with Gasteiger partial charge >= 0.3 is 0 Å². The highest BCUT2D eigenvalue weighted by atomic mass is 19.1. The third-order valence-electron chi connectivity index (χ3n) is 6.63. The molecule has 0 radical (unpaired) electrons. The van der Waals surface area contributed by atoms with E-state index in [9.17, 15) is 14.0 Å². The van der Waals surface area contributed by atoms with Crippen LogP contribution in [0.25, 0.3) is 0 Å². The van der Waals surface area contributed by atoms with E-state index in [-0.39, 0.29) is 29.9 Å². The van der Waals surface area contributed by atoms with Gasteiger partial charge < -0.3 is 19.7 Å². The summed E-state index contributed by atoms with van der Waals surface area (Å²) in [5.41, 5.74) is 1.12. The van der Waals surface area contributed by atoms with Crippen molar-refractivity contribution in [1.29, 1.82) is 0 Å². The topological polar surface area (TPSA) is 67.9 Å². The normalized spacial score (nSPS) is 23.0. The zero-order valence-electron chi connectivity index (χ0n) is 18.5. The molecule has 2 fully saturated rings. The van der Waals surface area contributed by atoms with Crippen LogP contribution in [0.4, 0.5) is 4.39 Å². The summed E-state index contributed by atoms with van der Waals surface area (Å²) in [6.45, 7) is 0.934. The number of carbonyl (C=O) groups excluding carboxylic acids is 2. The van der Waals surface area contributed by atoms with Crippen LogP contribution in [0.3, 0.4) is 0 Å². The van der Waals surface area contributed by atoms with E-state index in [4.69, 9.17) is 9.47 Å². The number of benzene rings is 2. The number of likely N-dealkylation sites (tertiary alicyclic amines) is 1. The smallest absolute Gasteiger partial charge is 0.227 e. The molecule has 2 saturated heterocycles. The van der Waals surface area contributed by atoms with Crippen molar-refractivity contribution < 1.29 is 23.5 Å². The van der Waals surface area contributed by atoms with E-state index in [0.717, 1.165) is 30.6 Å². The number of ether oxygens (including phenoxy) is 2. The molecule has 1 spiro atoms. The average molecular weight is 441 g/mol. The molecule has 2 aromatic carbocycles. The van der Waals surface area contributed by atoms with Crippen LogP contribution in [0.5, 0.6) is 11.5 Å². The van der Waals surface area contributed by atoms with Crippen LogP contribution < -0.4 is 14.8 Å². The number of carbonyl (C=O) groups is 2. The molecular weight excluding hydrogens is 411 g/mol. The van der Waals surface area contributed by atoms with Gasteiger partial charge in [0, 0.05) is 25.4 Å². The molecule has 0 bridgehead atoms. The lowest BCUT2D eigenvalue weighted by molar-refractivity contribution is -0.130. The van der Waals surface area contributed by atoms with E-state index in [2.05, 4.69) is 5.32 Å². The average Bonchev–Trinajstić information content (AvgIpc) is 3.05. The first-order chi connectivity index (χ1) is 15.4. The van der Waals surface area contributed by atoms with Crippen LogP contribution in [-0.4, -0.2) is 49.6 Å². The first-order valence-corrected chi connectivity index (χ1v) is 11.0. The van der Waals surface area contributed by atoms with Crippen molar-refractivity contribution in [2.75, 3.05) is 27.3 Å². The molecule has 2 atom stereocenters. The minimum Gasteiger partial charge on any atom is -0.497 e. The van der Waals surface area contributed by atoms with Crippen molar-refractivity contribution in [3.8, 4) is 11.5 Å². The number of hydrogen-bond donors (Lipinski definition) is 1. The van der Waals surface area contributed by atoms with Gasteiger partial charge in [0.05, 0.1) is 26.2 Å². The molecule has 170 valence electrons. The maximum absolute atomic E-state index is 14.1. The Morgan fingerprint density at radius 1 is 1.19 bits per heavy atom. The SMILES string of the molecule is COc1cccc([C@@H]2CN(C(=O)Cc3ccc(OC)c(F)c3)C[C@]23CCCCC(=O)N3)c1. The van der Waals surface area contributed by atoms with Crippen molar-refractivity contribution in [3.63, 3.8) is 0 Å². The van der Waals surface area contributed by atoms with Crippen LogP contribution in [0, 0.1) is 5.82 Å². The zero-order valence-corrected chi connectivity index (χ0v) is 18.5. The molecule has 0 saturated carbocycles. The highest BCUT2D eigenvalue weighted by Crippen LogP contribution is 2.42. The van der Waals surface area contributed by atoms with Crippen molar-refractivity contribution in [2.45, 2.75) is 43.6 Å². The number of halogens is 1. The predicted molar refractivity (Wildman–Crippen MR) is 118 cm³/mol. The molecule has 32 heavy (non-hydrogen) atoms. The first kappa shape index (κ1) is 22.1. The van der Waals surface area contributed by atoms with Crippen LogP contribution >= 0.6 is 0 Å². The fourth-order valence-corrected chi connectivity index (χ4v) is 5.00. The van der Waals surface area contributed by atoms with Crippen LogP contribution in [0.1, 0.15) is 42.7 Å². The number of hydrogen-bond acceptors (Lipinski definition) is 4.